The van der Waals surface area contributed by atoms with Gasteiger partial charge in [0.05, 0.1) is 0 Å². The Morgan fingerprint density at radius 2 is 2.38 bits per heavy atom. The average Bonchev–Trinajstić information content (AvgIpc) is 2.95. The molecule has 0 unspecified atom stereocenters. The summed E-state index contributed by atoms with van der Waals surface area (Å²) in [7, 11) is 0. The molecule has 1 fully saturated rings. The van der Waals surface area contributed by atoms with Gasteiger partial charge in [-0.25, -0.2) is 0 Å². The predicted octanol–water partition coefficient (Wildman–Crippen LogP) is 0.876. The van der Waals surface area contributed by atoms with Crippen molar-refractivity contribution in [2.24, 2.45) is 0 Å². The summed E-state index contributed by atoms with van der Waals surface area (Å²) in [4.78, 5) is 11.6. The van der Waals surface area contributed by atoms with Crippen LogP contribution >= 0.6 is 0 Å². The molecule has 0 bridgehead atoms. The van der Waals surface area contributed by atoms with Gasteiger partial charge in [0, 0.05) is 24.5 Å². The minimum atomic E-state index is 0.122. The lowest BCUT2D eigenvalue weighted by Crippen LogP contribution is -2.30. The lowest BCUT2D eigenvalue weighted by molar-refractivity contribution is -0.121. The third-order valence-electron chi connectivity index (χ3n) is 2.74. The van der Waals surface area contributed by atoms with E-state index in [-0.39, 0.29) is 5.91 Å². The summed E-state index contributed by atoms with van der Waals surface area (Å²) in [5.41, 5.74) is 1.16. The number of hydrogen-bond acceptors (Lipinski definition) is 2. The van der Waals surface area contributed by atoms with E-state index in [0.717, 1.165) is 31.6 Å². The van der Waals surface area contributed by atoms with Crippen molar-refractivity contribution in [2.75, 3.05) is 6.54 Å². The SMILES string of the molecule is CCNCc1cccn1CC(=O)NC1CC1. The number of amides is 1. The molecular formula is C12H19N3O. The van der Waals surface area contributed by atoms with Crippen molar-refractivity contribution < 1.29 is 4.79 Å². The Bertz CT molecular complexity index is 355. The zero-order valence-corrected chi connectivity index (χ0v) is 9.70. The van der Waals surface area contributed by atoms with Gasteiger partial charge < -0.3 is 15.2 Å². The molecule has 1 aliphatic carbocycles. The van der Waals surface area contributed by atoms with Crippen molar-refractivity contribution in [3.63, 3.8) is 0 Å². The van der Waals surface area contributed by atoms with Crippen molar-refractivity contribution in [3.8, 4) is 0 Å². The molecule has 0 spiro atoms. The molecule has 1 amide bonds. The highest BCUT2D eigenvalue weighted by Gasteiger charge is 2.23. The molecule has 16 heavy (non-hydrogen) atoms. The molecule has 1 aliphatic rings. The molecule has 4 nitrogen and oxygen atoms in total. The summed E-state index contributed by atoms with van der Waals surface area (Å²) in [5.74, 6) is 0.122. The fourth-order valence-electron chi connectivity index (χ4n) is 1.67. The monoisotopic (exact) mass is 221 g/mol. The van der Waals surface area contributed by atoms with E-state index >= 15 is 0 Å². The molecule has 1 aromatic heterocycles. The first-order valence-corrected chi connectivity index (χ1v) is 5.93. The summed E-state index contributed by atoms with van der Waals surface area (Å²) in [6.07, 6.45) is 4.24. The van der Waals surface area contributed by atoms with Crippen LogP contribution in [0.2, 0.25) is 0 Å². The summed E-state index contributed by atoms with van der Waals surface area (Å²) >= 11 is 0. The van der Waals surface area contributed by atoms with Gasteiger partial charge in [-0.3, -0.25) is 4.79 Å². The average molecular weight is 221 g/mol. The normalized spacial score (nSPS) is 15.1. The quantitative estimate of drug-likeness (QED) is 0.749. The van der Waals surface area contributed by atoms with Crippen LogP contribution in [0.3, 0.4) is 0 Å². The zero-order chi connectivity index (χ0) is 11.4. The van der Waals surface area contributed by atoms with Gasteiger partial charge in [0.2, 0.25) is 5.91 Å². The fraction of sp³-hybridized carbons (Fsp3) is 0.583. The third-order valence-corrected chi connectivity index (χ3v) is 2.74. The van der Waals surface area contributed by atoms with E-state index in [9.17, 15) is 4.79 Å². The molecule has 0 aromatic carbocycles. The number of nitrogens with one attached hydrogen (secondary N) is 2. The third kappa shape index (κ3) is 3.10. The lowest BCUT2D eigenvalue weighted by atomic mass is 10.4. The highest BCUT2D eigenvalue weighted by molar-refractivity contribution is 5.76. The standard InChI is InChI=1S/C12H19N3O/c1-2-13-8-11-4-3-7-15(11)9-12(16)14-10-5-6-10/h3-4,7,10,13H,2,5-6,8-9H2,1H3,(H,14,16). The first kappa shape index (κ1) is 11.2. The number of aromatic nitrogens is 1. The number of rotatable bonds is 6. The maximum atomic E-state index is 11.6. The Morgan fingerprint density at radius 3 is 3.06 bits per heavy atom. The minimum Gasteiger partial charge on any atom is -0.352 e. The molecule has 4 heteroatoms. The van der Waals surface area contributed by atoms with E-state index < -0.39 is 0 Å². The molecular weight excluding hydrogens is 202 g/mol. The van der Waals surface area contributed by atoms with Gasteiger partial charge in [0.1, 0.15) is 6.54 Å². The van der Waals surface area contributed by atoms with Gasteiger partial charge in [-0.1, -0.05) is 6.92 Å². The second kappa shape index (κ2) is 5.16. The molecule has 88 valence electrons. The van der Waals surface area contributed by atoms with Crippen molar-refractivity contribution in [1.29, 1.82) is 0 Å². The molecule has 2 N–H and O–H groups in total. The first-order chi connectivity index (χ1) is 7.79. The number of hydrogen-bond donors (Lipinski definition) is 2. The molecule has 1 saturated carbocycles. The van der Waals surface area contributed by atoms with E-state index in [1.54, 1.807) is 0 Å². The topological polar surface area (TPSA) is 46.1 Å². The van der Waals surface area contributed by atoms with Crippen LogP contribution < -0.4 is 10.6 Å². The number of carbonyl (C=O) groups is 1. The van der Waals surface area contributed by atoms with Gasteiger partial charge in [-0.2, -0.15) is 0 Å². The van der Waals surface area contributed by atoms with E-state index in [2.05, 4.69) is 17.6 Å². The van der Waals surface area contributed by atoms with Gasteiger partial charge in [0.15, 0.2) is 0 Å². The summed E-state index contributed by atoms with van der Waals surface area (Å²) in [6, 6.07) is 4.48. The maximum Gasteiger partial charge on any atom is 0.240 e. The second-order valence-electron chi connectivity index (χ2n) is 4.25. The number of nitrogens with zero attached hydrogens (tertiary/aromatic N) is 1. The van der Waals surface area contributed by atoms with Crippen molar-refractivity contribution >= 4 is 5.91 Å². The Hall–Kier alpha value is -1.29. The van der Waals surface area contributed by atoms with E-state index in [4.69, 9.17) is 0 Å². The van der Waals surface area contributed by atoms with Gasteiger partial charge in [-0.05, 0) is 31.5 Å². The Morgan fingerprint density at radius 1 is 1.56 bits per heavy atom. The van der Waals surface area contributed by atoms with Crippen LogP contribution in [-0.4, -0.2) is 23.1 Å². The Labute approximate surface area is 96.0 Å². The maximum absolute atomic E-state index is 11.6. The van der Waals surface area contributed by atoms with E-state index in [0.29, 0.717) is 12.6 Å². The smallest absolute Gasteiger partial charge is 0.240 e. The van der Waals surface area contributed by atoms with Crippen LogP contribution in [0.25, 0.3) is 0 Å². The minimum absolute atomic E-state index is 0.122. The molecule has 2 rings (SSSR count). The van der Waals surface area contributed by atoms with Crippen LogP contribution in [0.1, 0.15) is 25.5 Å². The van der Waals surface area contributed by atoms with Gasteiger partial charge >= 0.3 is 0 Å². The number of carbonyl (C=O) groups excluding carboxylic acids is 1. The van der Waals surface area contributed by atoms with E-state index in [1.807, 2.05) is 22.9 Å². The zero-order valence-electron chi connectivity index (χ0n) is 9.70. The molecule has 0 radical (unpaired) electrons. The molecule has 1 aromatic rings. The highest BCUT2D eigenvalue weighted by Crippen LogP contribution is 2.18. The summed E-state index contributed by atoms with van der Waals surface area (Å²) in [5, 5.41) is 6.26. The molecule has 1 heterocycles. The molecule has 0 aliphatic heterocycles. The Kier molecular flexibility index (Phi) is 3.62. The fourth-order valence-corrected chi connectivity index (χ4v) is 1.67. The summed E-state index contributed by atoms with van der Waals surface area (Å²) in [6.45, 7) is 4.27. The molecule has 0 atom stereocenters. The molecule has 0 saturated heterocycles. The first-order valence-electron chi connectivity index (χ1n) is 5.93. The predicted molar refractivity (Wildman–Crippen MR) is 63.0 cm³/mol. The van der Waals surface area contributed by atoms with Crippen molar-refractivity contribution in [2.45, 2.75) is 38.9 Å². The Balaban J connectivity index is 1.86. The summed E-state index contributed by atoms with van der Waals surface area (Å²) < 4.78 is 2.00. The van der Waals surface area contributed by atoms with Crippen molar-refractivity contribution in [1.82, 2.24) is 15.2 Å². The van der Waals surface area contributed by atoms with Crippen LogP contribution in [0, 0.1) is 0 Å². The van der Waals surface area contributed by atoms with Gasteiger partial charge in [-0.15, -0.1) is 0 Å². The van der Waals surface area contributed by atoms with Crippen LogP contribution in [0.4, 0.5) is 0 Å². The lowest BCUT2D eigenvalue weighted by Gasteiger charge is -2.09. The van der Waals surface area contributed by atoms with Gasteiger partial charge in [0.25, 0.3) is 0 Å². The van der Waals surface area contributed by atoms with Crippen LogP contribution in [0.5, 0.6) is 0 Å². The van der Waals surface area contributed by atoms with Crippen LogP contribution in [-0.2, 0) is 17.9 Å². The highest BCUT2D eigenvalue weighted by atomic mass is 16.2. The second-order valence-corrected chi connectivity index (χ2v) is 4.25. The van der Waals surface area contributed by atoms with Crippen molar-refractivity contribution in [3.05, 3.63) is 24.0 Å². The van der Waals surface area contributed by atoms with E-state index in [1.165, 1.54) is 0 Å². The van der Waals surface area contributed by atoms with Crippen LogP contribution in [0.15, 0.2) is 18.3 Å². The largest absolute Gasteiger partial charge is 0.352 e.